The van der Waals surface area contributed by atoms with Gasteiger partial charge in [0.05, 0.1) is 22.0 Å². The van der Waals surface area contributed by atoms with Gasteiger partial charge in [-0.2, -0.15) is 0 Å². The summed E-state index contributed by atoms with van der Waals surface area (Å²) in [6.07, 6.45) is 2.29. The Morgan fingerprint density at radius 1 is 1.00 bits per heavy atom. The first-order valence-corrected chi connectivity index (χ1v) is 11.4. The van der Waals surface area contributed by atoms with Gasteiger partial charge in [-0.1, -0.05) is 11.6 Å². The number of carbonyl (C=O) groups is 2. The Morgan fingerprint density at radius 2 is 1.66 bits per heavy atom. The fraction of sp³-hybridized carbons (Fsp3) is 0.300. The number of nitrogens with one attached hydrogen (secondary N) is 1. The molecule has 0 spiro atoms. The van der Waals surface area contributed by atoms with Gasteiger partial charge < -0.3 is 10.2 Å². The molecule has 0 aliphatic carbocycles. The van der Waals surface area contributed by atoms with E-state index in [0.717, 1.165) is 23.1 Å². The number of sulfonamides is 1. The summed E-state index contributed by atoms with van der Waals surface area (Å²) in [6, 6.07) is 11.7. The Morgan fingerprint density at radius 3 is 2.28 bits per heavy atom. The number of anilines is 3. The molecule has 1 N–H and O–H groups in total. The van der Waals surface area contributed by atoms with Crippen LogP contribution in [0.2, 0.25) is 5.02 Å². The standard InChI is InChI=1S/C20H20ClN3O4S/c21-18-8-7-16(24-19(25)9-12-29(24,27)28)13-17(18)20(26)22-14-3-5-15(6-4-14)23-10-1-2-11-23/h3-8,13H,1-2,9-12H2,(H,22,26). The van der Waals surface area contributed by atoms with Gasteiger partial charge >= 0.3 is 0 Å². The average Bonchev–Trinajstić information content (AvgIpc) is 3.31. The second kappa shape index (κ2) is 7.68. The van der Waals surface area contributed by atoms with E-state index in [1.807, 2.05) is 24.3 Å². The van der Waals surface area contributed by atoms with Crippen LogP contribution >= 0.6 is 11.6 Å². The maximum absolute atomic E-state index is 12.7. The largest absolute Gasteiger partial charge is 0.372 e. The van der Waals surface area contributed by atoms with Gasteiger partial charge in [0.2, 0.25) is 15.9 Å². The molecule has 2 aromatic rings. The number of rotatable bonds is 4. The van der Waals surface area contributed by atoms with Gasteiger partial charge in [0.25, 0.3) is 5.91 Å². The third-order valence-electron chi connectivity index (χ3n) is 5.10. The molecular formula is C20H20ClN3O4S. The van der Waals surface area contributed by atoms with Crippen LogP contribution in [0.15, 0.2) is 42.5 Å². The lowest BCUT2D eigenvalue weighted by Gasteiger charge is -2.18. The molecule has 0 saturated carbocycles. The zero-order chi connectivity index (χ0) is 20.6. The predicted molar refractivity (Wildman–Crippen MR) is 113 cm³/mol. The highest BCUT2D eigenvalue weighted by atomic mass is 35.5. The smallest absolute Gasteiger partial charge is 0.257 e. The SMILES string of the molecule is O=C(Nc1ccc(N2CCCC2)cc1)c1cc(N2C(=O)CCS2(=O)=O)ccc1Cl. The predicted octanol–water partition coefficient (Wildman–Crippen LogP) is 3.26. The maximum Gasteiger partial charge on any atom is 0.257 e. The Hall–Kier alpha value is -2.58. The minimum absolute atomic E-state index is 0.0736. The highest BCUT2D eigenvalue weighted by Crippen LogP contribution is 2.30. The Bertz CT molecular complexity index is 1060. The summed E-state index contributed by atoms with van der Waals surface area (Å²) in [4.78, 5) is 27.0. The van der Waals surface area contributed by atoms with Crippen LogP contribution < -0.4 is 14.5 Å². The van der Waals surface area contributed by atoms with Gasteiger partial charge in [-0.15, -0.1) is 0 Å². The molecule has 0 bridgehead atoms. The van der Waals surface area contributed by atoms with E-state index in [1.54, 1.807) is 0 Å². The van der Waals surface area contributed by atoms with Gasteiger partial charge in [-0.05, 0) is 55.3 Å². The summed E-state index contributed by atoms with van der Waals surface area (Å²) in [6.45, 7) is 2.07. The summed E-state index contributed by atoms with van der Waals surface area (Å²) < 4.78 is 25.0. The first-order valence-electron chi connectivity index (χ1n) is 9.37. The molecule has 2 saturated heterocycles. The van der Waals surface area contributed by atoms with Gasteiger partial charge in [-0.3, -0.25) is 9.59 Å². The molecule has 2 aromatic carbocycles. The fourth-order valence-electron chi connectivity index (χ4n) is 3.61. The molecule has 2 aliphatic rings. The van der Waals surface area contributed by atoms with E-state index in [2.05, 4.69) is 10.2 Å². The molecule has 2 fully saturated rings. The van der Waals surface area contributed by atoms with E-state index in [0.29, 0.717) is 5.69 Å². The van der Waals surface area contributed by atoms with Gasteiger partial charge in [0.15, 0.2) is 0 Å². The van der Waals surface area contributed by atoms with Crippen molar-refractivity contribution in [3.8, 4) is 0 Å². The molecule has 152 valence electrons. The van der Waals surface area contributed by atoms with Crippen LogP contribution in [-0.2, 0) is 14.8 Å². The molecule has 9 heteroatoms. The highest BCUT2D eigenvalue weighted by molar-refractivity contribution is 7.94. The van der Waals surface area contributed by atoms with Crippen molar-refractivity contribution in [2.24, 2.45) is 0 Å². The van der Waals surface area contributed by atoms with Crippen LogP contribution in [0.3, 0.4) is 0 Å². The lowest BCUT2D eigenvalue weighted by Crippen LogP contribution is -2.29. The molecule has 2 heterocycles. The molecule has 0 aromatic heterocycles. The van der Waals surface area contributed by atoms with Crippen molar-refractivity contribution in [3.05, 3.63) is 53.1 Å². The van der Waals surface area contributed by atoms with Crippen molar-refractivity contribution < 1.29 is 18.0 Å². The second-order valence-electron chi connectivity index (χ2n) is 7.08. The Kier molecular flexibility index (Phi) is 5.23. The summed E-state index contributed by atoms with van der Waals surface area (Å²) in [7, 11) is -3.71. The van der Waals surface area contributed by atoms with Crippen molar-refractivity contribution in [3.63, 3.8) is 0 Å². The summed E-state index contributed by atoms with van der Waals surface area (Å²) in [5.41, 5.74) is 1.93. The van der Waals surface area contributed by atoms with Crippen molar-refractivity contribution >= 4 is 50.5 Å². The Labute approximate surface area is 174 Å². The topological polar surface area (TPSA) is 86.8 Å². The molecule has 0 radical (unpaired) electrons. The third-order valence-corrected chi connectivity index (χ3v) is 7.12. The zero-order valence-corrected chi connectivity index (χ0v) is 17.2. The van der Waals surface area contributed by atoms with Gasteiger partial charge in [0, 0.05) is 30.9 Å². The van der Waals surface area contributed by atoms with Crippen molar-refractivity contribution in [1.29, 1.82) is 0 Å². The number of carbonyl (C=O) groups excluding carboxylic acids is 2. The van der Waals surface area contributed by atoms with Crippen LogP contribution in [0, 0.1) is 0 Å². The zero-order valence-electron chi connectivity index (χ0n) is 15.6. The highest BCUT2D eigenvalue weighted by Gasteiger charge is 2.36. The van der Waals surface area contributed by atoms with E-state index in [1.165, 1.54) is 31.0 Å². The van der Waals surface area contributed by atoms with Crippen molar-refractivity contribution in [2.75, 3.05) is 33.4 Å². The quantitative estimate of drug-likeness (QED) is 0.799. The van der Waals surface area contributed by atoms with E-state index >= 15 is 0 Å². The minimum Gasteiger partial charge on any atom is -0.372 e. The summed E-state index contributed by atoms with van der Waals surface area (Å²) >= 11 is 6.16. The van der Waals surface area contributed by atoms with Crippen molar-refractivity contribution in [2.45, 2.75) is 19.3 Å². The van der Waals surface area contributed by atoms with E-state index in [-0.39, 0.29) is 28.4 Å². The molecule has 0 unspecified atom stereocenters. The lowest BCUT2D eigenvalue weighted by molar-refractivity contribution is -0.116. The summed E-state index contributed by atoms with van der Waals surface area (Å²) in [5.74, 6) is -1.23. The maximum atomic E-state index is 12.7. The number of hydrogen-bond donors (Lipinski definition) is 1. The minimum atomic E-state index is -3.71. The Balaban J connectivity index is 1.55. The lowest BCUT2D eigenvalue weighted by atomic mass is 10.1. The number of halogens is 1. The number of benzene rings is 2. The average molecular weight is 434 g/mol. The fourth-order valence-corrected chi connectivity index (χ4v) is 5.27. The molecule has 2 aliphatic heterocycles. The number of hydrogen-bond acceptors (Lipinski definition) is 5. The van der Waals surface area contributed by atoms with Crippen molar-refractivity contribution in [1.82, 2.24) is 0 Å². The number of nitrogens with zero attached hydrogens (tertiary/aromatic N) is 2. The van der Waals surface area contributed by atoms with E-state index < -0.39 is 21.8 Å². The molecule has 29 heavy (non-hydrogen) atoms. The first kappa shape index (κ1) is 19.7. The summed E-state index contributed by atoms with van der Waals surface area (Å²) in [5, 5.41) is 2.94. The monoisotopic (exact) mass is 433 g/mol. The van der Waals surface area contributed by atoms with Crippen LogP contribution in [-0.4, -0.2) is 39.1 Å². The normalized spacial score (nSPS) is 18.3. The van der Waals surface area contributed by atoms with Crippen LogP contribution in [0.1, 0.15) is 29.6 Å². The molecule has 4 rings (SSSR count). The van der Waals surface area contributed by atoms with Crippen LogP contribution in [0.5, 0.6) is 0 Å². The molecule has 0 atom stereocenters. The molecular weight excluding hydrogens is 414 g/mol. The number of amides is 2. The third kappa shape index (κ3) is 3.95. The van der Waals surface area contributed by atoms with Crippen LogP contribution in [0.4, 0.5) is 17.1 Å². The molecule has 7 nitrogen and oxygen atoms in total. The molecule has 2 amide bonds. The van der Waals surface area contributed by atoms with Gasteiger partial charge in [-0.25, -0.2) is 12.7 Å². The van der Waals surface area contributed by atoms with E-state index in [9.17, 15) is 18.0 Å². The van der Waals surface area contributed by atoms with Gasteiger partial charge in [0.1, 0.15) is 0 Å². The first-order chi connectivity index (χ1) is 13.8. The second-order valence-corrected chi connectivity index (χ2v) is 9.43. The van der Waals surface area contributed by atoms with Crippen LogP contribution in [0.25, 0.3) is 0 Å². The van der Waals surface area contributed by atoms with E-state index in [4.69, 9.17) is 11.6 Å².